The molecule has 0 N–H and O–H groups in total. The van der Waals surface area contributed by atoms with Gasteiger partial charge in [-0.1, -0.05) is 0 Å². The molecular formula is C12H11NO3. The van der Waals surface area contributed by atoms with Gasteiger partial charge in [0.2, 0.25) is 0 Å². The monoisotopic (exact) mass is 217 g/mol. The highest BCUT2D eigenvalue weighted by Gasteiger charge is 2.28. The lowest BCUT2D eigenvalue weighted by molar-refractivity contribution is 0.0601. The molecule has 82 valence electrons. The zero-order chi connectivity index (χ0) is 11.1. The van der Waals surface area contributed by atoms with Crippen LogP contribution in [0, 0.1) is 0 Å². The molecule has 0 saturated heterocycles. The van der Waals surface area contributed by atoms with Crippen LogP contribution in [0.4, 0.5) is 0 Å². The number of hydrogen-bond acceptors (Lipinski definition) is 4. The van der Waals surface area contributed by atoms with Gasteiger partial charge in [0.1, 0.15) is 16.8 Å². The Kier molecular flexibility index (Phi) is 1.96. The Morgan fingerprint density at radius 3 is 3.06 bits per heavy atom. The van der Waals surface area contributed by atoms with E-state index < -0.39 is 0 Å². The molecule has 1 aliphatic carbocycles. The Balaban J connectivity index is 2.17. The molecule has 0 amide bonds. The smallest absolute Gasteiger partial charge is 0.341 e. The summed E-state index contributed by atoms with van der Waals surface area (Å²) >= 11 is 0. The van der Waals surface area contributed by atoms with Gasteiger partial charge in [0.05, 0.1) is 7.11 Å². The van der Waals surface area contributed by atoms with Gasteiger partial charge < -0.3 is 9.15 Å². The van der Waals surface area contributed by atoms with Crippen molar-refractivity contribution in [2.75, 3.05) is 7.11 Å². The van der Waals surface area contributed by atoms with Crippen LogP contribution in [0.3, 0.4) is 0 Å². The van der Waals surface area contributed by atoms with E-state index in [0.29, 0.717) is 17.1 Å². The molecule has 2 heterocycles. The summed E-state index contributed by atoms with van der Waals surface area (Å²) in [5.41, 5.74) is 1.71. The number of carbonyl (C=O) groups is 1. The molecule has 16 heavy (non-hydrogen) atoms. The van der Waals surface area contributed by atoms with Crippen molar-refractivity contribution >= 4 is 17.1 Å². The molecule has 0 radical (unpaired) electrons. The third kappa shape index (κ3) is 1.38. The number of pyridine rings is 1. The standard InChI is InChI=1S/C12H11NO3/c1-15-12(14)8-4-5-13-9-6-10(7-2-3-7)16-11(8)9/h4-7H,2-3H2,1H3. The van der Waals surface area contributed by atoms with Crippen LogP contribution in [0.25, 0.3) is 11.1 Å². The maximum atomic E-state index is 11.5. The molecule has 2 aromatic rings. The van der Waals surface area contributed by atoms with Gasteiger partial charge >= 0.3 is 5.97 Å². The van der Waals surface area contributed by atoms with Crippen LogP contribution < -0.4 is 0 Å². The van der Waals surface area contributed by atoms with Crippen molar-refractivity contribution < 1.29 is 13.9 Å². The van der Waals surface area contributed by atoms with Crippen molar-refractivity contribution in [3.05, 3.63) is 29.7 Å². The average molecular weight is 217 g/mol. The second-order valence-electron chi connectivity index (χ2n) is 3.99. The van der Waals surface area contributed by atoms with Crippen LogP contribution >= 0.6 is 0 Å². The van der Waals surface area contributed by atoms with E-state index in [4.69, 9.17) is 9.15 Å². The van der Waals surface area contributed by atoms with Gasteiger partial charge in [-0.05, 0) is 18.9 Å². The van der Waals surface area contributed by atoms with Crippen molar-refractivity contribution in [3.8, 4) is 0 Å². The predicted molar refractivity (Wildman–Crippen MR) is 57.3 cm³/mol. The minimum atomic E-state index is -0.385. The lowest BCUT2D eigenvalue weighted by Gasteiger charge is -1.98. The van der Waals surface area contributed by atoms with E-state index in [1.807, 2.05) is 6.07 Å². The molecule has 4 nitrogen and oxygen atoms in total. The third-order valence-corrected chi connectivity index (χ3v) is 2.82. The van der Waals surface area contributed by atoms with E-state index >= 15 is 0 Å². The minimum Gasteiger partial charge on any atom is -0.465 e. The summed E-state index contributed by atoms with van der Waals surface area (Å²) < 4.78 is 10.4. The number of hydrogen-bond donors (Lipinski definition) is 0. The van der Waals surface area contributed by atoms with E-state index in [1.54, 1.807) is 12.3 Å². The summed E-state index contributed by atoms with van der Waals surface area (Å²) in [5.74, 6) is 1.06. The summed E-state index contributed by atoms with van der Waals surface area (Å²) in [6.45, 7) is 0. The zero-order valence-electron chi connectivity index (χ0n) is 8.90. The van der Waals surface area contributed by atoms with Crippen LogP contribution in [0.5, 0.6) is 0 Å². The summed E-state index contributed by atoms with van der Waals surface area (Å²) in [6.07, 6.45) is 3.92. The van der Waals surface area contributed by atoms with Gasteiger partial charge in [0.15, 0.2) is 5.58 Å². The molecule has 2 aromatic heterocycles. The molecule has 4 heteroatoms. The lowest BCUT2D eigenvalue weighted by Crippen LogP contribution is -2.01. The maximum absolute atomic E-state index is 11.5. The molecule has 1 saturated carbocycles. The molecule has 0 bridgehead atoms. The first kappa shape index (κ1) is 9.39. The molecular weight excluding hydrogens is 206 g/mol. The Bertz CT molecular complexity index is 554. The van der Waals surface area contributed by atoms with Crippen LogP contribution in [0.2, 0.25) is 0 Å². The number of ether oxygens (including phenoxy) is 1. The molecule has 0 spiro atoms. The SMILES string of the molecule is COC(=O)c1ccnc2cc(C3CC3)oc12. The Morgan fingerprint density at radius 1 is 1.56 bits per heavy atom. The average Bonchev–Trinajstić information content (AvgIpc) is 3.07. The topological polar surface area (TPSA) is 52.3 Å². The Hall–Kier alpha value is -1.84. The number of nitrogens with zero attached hydrogens (tertiary/aromatic N) is 1. The number of esters is 1. The van der Waals surface area contributed by atoms with E-state index in [0.717, 1.165) is 24.1 Å². The predicted octanol–water partition coefficient (Wildman–Crippen LogP) is 2.49. The second kappa shape index (κ2) is 3.33. The quantitative estimate of drug-likeness (QED) is 0.725. The second-order valence-corrected chi connectivity index (χ2v) is 3.99. The highest BCUT2D eigenvalue weighted by atomic mass is 16.5. The largest absolute Gasteiger partial charge is 0.465 e. The lowest BCUT2D eigenvalue weighted by atomic mass is 10.2. The highest BCUT2D eigenvalue weighted by molar-refractivity contribution is 6.00. The number of aromatic nitrogens is 1. The van der Waals surface area contributed by atoms with Gasteiger partial charge in [0, 0.05) is 18.2 Å². The Morgan fingerprint density at radius 2 is 2.38 bits per heavy atom. The Labute approximate surface area is 92.2 Å². The summed E-state index contributed by atoms with van der Waals surface area (Å²) in [4.78, 5) is 15.7. The number of rotatable bonds is 2. The first-order valence-electron chi connectivity index (χ1n) is 5.26. The van der Waals surface area contributed by atoms with Crippen LogP contribution in [0.15, 0.2) is 22.7 Å². The molecule has 3 rings (SSSR count). The zero-order valence-corrected chi connectivity index (χ0v) is 8.90. The third-order valence-electron chi connectivity index (χ3n) is 2.82. The number of methoxy groups -OCH3 is 1. The molecule has 0 atom stereocenters. The van der Waals surface area contributed by atoms with Gasteiger partial charge in [-0.2, -0.15) is 0 Å². The van der Waals surface area contributed by atoms with Crippen molar-refractivity contribution in [2.24, 2.45) is 0 Å². The minimum absolute atomic E-state index is 0.385. The highest BCUT2D eigenvalue weighted by Crippen LogP contribution is 2.42. The number of carbonyl (C=O) groups excluding carboxylic acids is 1. The summed E-state index contributed by atoms with van der Waals surface area (Å²) in [5, 5.41) is 0. The fraction of sp³-hybridized carbons (Fsp3) is 0.333. The van der Waals surface area contributed by atoms with E-state index in [1.165, 1.54) is 7.11 Å². The fourth-order valence-corrected chi connectivity index (χ4v) is 1.80. The van der Waals surface area contributed by atoms with Crippen molar-refractivity contribution in [2.45, 2.75) is 18.8 Å². The van der Waals surface area contributed by atoms with Gasteiger partial charge in [0.25, 0.3) is 0 Å². The molecule has 0 aliphatic heterocycles. The van der Waals surface area contributed by atoms with Crippen molar-refractivity contribution in [3.63, 3.8) is 0 Å². The number of fused-ring (bicyclic) bond motifs is 1. The van der Waals surface area contributed by atoms with Gasteiger partial charge in [-0.3, -0.25) is 4.98 Å². The molecule has 1 fully saturated rings. The molecule has 0 unspecified atom stereocenters. The van der Waals surface area contributed by atoms with Gasteiger partial charge in [-0.15, -0.1) is 0 Å². The van der Waals surface area contributed by atoms with Crippen LogP contribution in [0.1, 0.15) is 34.9 Å². The fourth-order valence-electron chi connectivity index (χ4n) is 1.80. The van der Waals surface area contributed by atoms with Crippen molar-refractivity contribution in [1.82, 2.24) is 4.98 Å². The first-order valence-corrected chi connectivity index (χ1v) is 5.26. The normalized spacial score (nSPS) is 15.3. The molecule has 0 aromatic carbocycles. The van der Waals surface area contributed by atoms with Crippen LogP contribution in [-0.2, 0) is 4.74 Å². The van der Waals surface area contributed by atoms with Crippen molar-refractivity contribution in [1.29, 1.82) is 0 Å². The maximum Gasteiger partial charge on any atom is 0.341 e. The summed E-state index contributed by atoms with van der Waals surface area (Å²) in [7, 11) is 1.36. The van der Waals surface area contributed by atoms with Crippen LogP contribution in [-0.4, -0.2) is 18.1 Å². The van der Waals surface area contributed by atoms with E-state index in [9.17, 15) is 4.79 Å². The first-order chi connectivity index (χ1) is 7.79. The number of furan rings is 1. The summed E-state index contributed by atoms with van der Waals surface area (Å²) in [6, 6.07) is 3.54. The van der Waals surface area contributed by atoms with E-state index in [2.05, 4.69) is 4.98 Å². The molecule has 1 aliphatic rings. The van der Waals surface area contributed by atoms with E-state index in [-0.39, 0.29) is 5.97 Å². The van der Waals surface area contributed by atoms with Gasteiger partial charge in [-0.25, -0.2) is 4.79 Å².